The van der Waals surface area contributed by atoms with Crippen LogP contribution in [-0.2, 0) is 6.61 Å². The highest BCUT2D eigenvalue weighted by molar-refractivity contribution is 6.32. The van der Waals surface area contributed by atoms with Crippen molar-refractivity contribution < 1.29 is 14.3 Å². The molecule has 0 aliphatic carbocycles. The maximum Gasteiger partial charge on any atom is 0.153 e. The molecule has 0 aliphatic rings. The van der Waals surface area contributed by atoms with E-state index >= 15 is 0 Å². The summed E-state index contributed by atoms with van der Waals surface area (Å²) in [5, 5.41) is 9.23. The van der Waals surface area contributed by atoms with Gasteiger partial charge in [-0.15, -0.1) is 0 Å². The van der Waals surface area contributed by atoms with Gasteiger partial charge in [0.1, 0.15) is 24.2 Å². The first-order chi connectivity index (χ1) is 11.2. The molecule has 1 heterocycles. The van der Waals surface area contributed by atoms with E-state index in [1.807, 2.05) is 13.0 Å². The Labute approximate surface area is 139 Å². The second-order valence-electron chi connectivity index (χ2n) is 4.77. The molecule has 0 amide bonds. The predicted molar refractivity (Wildman–Crippen MR) is 85.9 cm³/mol. The third-order valence-electron chi connectivity index (χ3n) is 2.97. The van der Waals surface area contributed by atoms with Crippen LogP contribution >= 0.6 is 11.6 Å². The fraction of sp³-hybridized carbons (Fsp3) is 0.235. The van der Waals surface area contributed by atoms with Gasteiger partial charge in [-0.25, -0.2) is 0 Å². The number of hydrogen-bond donors (Lipinski definition) is 0. The summed E-state index contributed by atoms with van der Waals surface area (Å²) < 4.78 is 11.2. The Morgan fingerprint density at radius 2 is 2.09 bits per heavy atom. The molecular weight excluding hydrogens is 316 g/mol. The number of carbonyl (C=O) groups excluding carboxylic acids is 1. The quantitative estimate of drug-likeness (QED) is 0.722. The van der Waals surface area contributed by atoms with Crippen LogP contribution in [0.25, 0.3) is 0 Å². The number of carbonyl (C=O) groups is 1. The van der Waals surface area contributed by atoms with Crippen LogP contribution in [0, 0.1) is 11.3 Å². The van der Waals surface area contributed by atoms with Crippen molar-refractivity contribution in [2.24, 2.45) is 0 Å². The molecular formula is C17H15ClN2O3. The van der Waals surface area contributed by atoms with Gasteiger partial charge < -0.3 is 9.47 Å². The number of nitriles is 1. The molecule has 0 fully saturated rings. The summed E-state index contributed by atoms with van der Waals surface area (Å²) >= 11 is 6.09. The first kappa shape index (κ1) is 16.8. The summed E-state index contributed by atoms with van der Waals surface area (Å²) in [6, 6.07) is 6.81. The van der Waals surface area contributed by atoms with E-state index in [1.165, 1.54) is 12.3 Å². The number of hydrogen-bond acceptors (Lipinski definition) is 5. The fourth-order valence-electron chi connectivity index (χ4n) is 1.88. The van der Waals surface area contributed by atoms with Crippen molar-refractivity contribution in [1.29, 1.82) is 5.26 Å². The largest absolute Gasteiger partial charge is 0.492 e. The lowest BCUT2D eigenvalue weighted by atomic mass is 10.2. The van der Waals surface area contributed by atoms with Gasteiger partial charge in [0.2, 0.25) is 0 Å². The second kappa shape index (κ2) is 8.16. The summed E-state index contributed by atoms with van der Waals surface area (Å²) in [6.07, 6.45) is 4.59. The Kier molecular flexibility index (Phi) is 5.95. The van der Waals surface area contributed by atoms with E-state index in [1.54, 1.807) is 18.3 Å². The van der Waals surface area contributed by atoms with E-state index in [4.69, 9.17) is 26.3 Å². The zero-order chi connectivity index (χ0) is 16.7. The predicted octanol–water partition coefficient (Wildman–Crippen LogP) is 3.79. The average molecular weight is 331 g/mol. The molecule has 0 saturated heterocycles. The van der Waals surface area contributed by atoms with Crippen LogP contribution in [-0.4, -0.2) is 17.9 Å². The van der Waals surface area contributed by atoms with Crippen LogP contribution in [0.3, 0.4) is 0 Å². The monoisotopic (exact) mass is 330 g/mol. The molecule has 1 aromatic carbocycles. The number of pyridine rings is 1. The van der Waals surface area contributed by atoms with Crippen molar-refractivity contribution in [3.63, 3.8) is 0 Å². The number of halogens is 1. The Morgan fingerprint density at radius 3 is 2.78 bits per heavy atom. The van der Waals surface area contributed by atoms with E-state index in [-0.39, 0.29) is 6.61 Å². The van der Waals surface area contributed by atoms with E-state index in [0.29, 0.717) is 40.5 Å². The smallest absolute Gasteiger partial charge is 0.153 e. The lowest BCUT2D eigenvalue weighted by Crippen LogP contribution is -2.02. The molecule has 0 radical (unpaired) electrons. The van der Waals surface area contributed by atoms with Crippen LogP contribution < -0.4 is 9.47 Å². The molecule has 0 aliphatic heterocycles. The number of ether oxygens (including phenoxy) is 2. The van der Waals surface area contributed by atoms with Gasteiger partial charge in [0.25, 0.3) is 0 Å². The lowest BCUT2D eigenvalue weighted by molar-refractivity contribution is 0.111. The number of aldehydes is 1. The summed E-state index contributed by atoms with van der Waals surface area (Å²) in [6.45, 7) is 2.69. The minimum Gasteiger partial charge on any atom is -0.492 e. The highest BCUT2D eigenvalue weighted by Gasteiger charge is 2.11. The highest BCUT2D eigenvalue weighted by atomic mass is 35.5. The SMILES string of the molecule is CCCOc1cc(OCc2cncc(C#N)c2)c(C=O)cc1Cl. The Morgan fingerprint density at radius 1 is 1.26 bits per heavy atom. The molecule has 118 valence electrons. The van der Waals surface area contributed by atoms with Crippen molar-refractivity contribution in [1.82, 2.24) is 4.98 Å². The molecule has 6 heteroatoms. The number of benzene rings is 1. The van der Waals surface area contributed by atoms with Crippen molar-refractivity contribution in [2.75, 3.05) is 6.61 Å². The molecule has 0 unspecified atom stereocenters. The van der Waals surface area contributed by atoms with Crippen LogP contribution in [0.15, 0.2) is 30.6 Å². The molecule has 1 aromatic heterocycles. The molecule has 0 atom stereocenters. The van der Waals surface area contributed by atoms with E-state index in [2.05, 4.69) is 4.98 Å². The lowest BCUT2D eigenvalue weighted by Gasteiger charge is -2.13. The van der Waals surface area contributed by atoms with Gasteiger partial charge >= 0.3 is 0 Å². The molecule has 0 N–H and O–H groups in total. The van der Waals surface area contributed by atoms with Crippen molar-refractivity contribution in [2.45, 2.75) is 20.0 Å². The maximum atomic E-state index is 11.2. The van der Waals surface area contributed by atoms with Crippen molar-refractivity contribution >= 4 is 17.9 Å². The summed E-state index contributed by atoms with van der Waals surface area (Å²) in [5.74, 6) is 0.843. The third kappa shape index (κ3) is 4.44. The van der Waals surface area contributed by atoms with Crippen LogP contribution in [0.5, 0.6) is 11.5 Å². The van der Waals surface area contributed by atoms with Gasteiger partial charge in [-0.2, -0.15) is 5.26 Å². The molecule has 0 bridgehead atoms. The van der Waals surface area contributed by atoms with E-state index in [0.717, 1.165) is 12.0 Å². The first-order valence-electron chi connectivity index (χ1n) is 7.06. The first-order valence-corrected chi connectivity index (χ1v) is 7.44. The third-order valence-corrected chi connectivity index (χ3v) is 3.27. The van der Waals surface area contributed by atoms with Crippen LogP contribution in [0.1, 0.15) is 34.8 Å². The number of rotatable bonds is 7. The minimum atomic E-state index is 0.179. The number of aromatic nitrogens is 1. The second-order valence-corrected chi connectivity index (χ2v) is 5.18. The van der Waals surface area contributed by atoms with E-state index < -0.39 is 0 Å². The fourth-order valence-corrected chi connectivity index (χ4v) is 2.11. The Bertz CT molecular complexity index is 741. The molecule has 23 heavy (non-hydrogen) atoms. The maximum absolute atomic E-state index is 11.2. The van der Waals surface area contributed by atoms with Crippen molar-refractivity contribution in [3.8, 4) is 17.6 Å². The molecule has 2 aromatic rings. The Hall–Kier alpha value is -2.58. The summed E-state index contributed by atoms with van der Waals surface area (Å²) in [7, 11) is 0. The standard InChI is InChI=1S/C17H15ClN2O3/c1-2-3-22-17-6-16(14(10-21)5-15(17)18)23-11-13-4-12(7-19)8-20-9-13/h4-6,8-10H,2-3,11H2,1H3. The molecule has 2 rings (SSSR count). The van der Waals surface area contributed by atoms with Gasteiger partial charge in [0.05, 0.1) is 22.8 Å². The highest BCUT2D eigenvalue weighted by Crippen LogP contribution is 2.32. The van der Waals surface area contributed by atoms with E-state index in [9.17, 15) is 4.79 Å². The summed E-state index contributed by atoms with van der Waals surface area (Å²) in [4.78, 5) is 15.1. The van der Waals surface area contributed by atoms with Crippen molar-refractivity contribution in [3.05, 3.63) is 52.3 Å². The average Bonchev–Trinajstić information content (AvgIpc) is 2.59. The number of nitrogens with zero attached hydrogens (tertiary/aromatic N) is 2. The van der Waals surface area contributed by atoms with Crippen LogP contribution in [0.4, 0.5) is 0 Å². The van der Waals surface area contributed by atoms with Gasteiger partial charge in [-0.3, -0.25) is 9.78 Å². The molecule has 0 saturated carbocycles. The van der Waals surface area contributed by atoms with Gasteiger partial charge in [-0.1, -0.05) is 18.5 Å². The minimum absolute atomic E-state index is 0.179. The van der Waals surface area contributed by atoms with Gasteiger partial charge in [0, 0.05) is 24.0 Å². The zero-order valence-electron chi connectivity index (χ0n) is 12.6. The molecule has 0 spiro atoms. The van der Waals surface area contributed by atoms with Crippen LogP contribution in [0.2, 0.25) is 5.02 Å². The van der Waals surface area contributed by atoms with Gasteiger partial charge in [0.15, 0.2) is 6.29 Å². The molecule has 5 nitrogen and oxygen atoms in total. The zero-order valence-corrected chi connectivity index (χ0v) is 13.3. The topological polar surface area (TPSA) is 72.2 Å². The normalized spacial score (nSPS) is 9.96. The summed E-state index contributed by atoms with van der Waals surface area (Å²) in [5.41, 5.74) is 1.51. The van der Waals surface area contributed by atoms with Gasteiger partial charge in [-0.05, 0) is 18.6 Å². The Balaban J connectivity index is 2.20.